The summed E-state index contributed by atoms with van der Waals surface area (Å²) in [7, 11) is 3.39. The van der Waals surface area contributed by atoms with E-state index in [9.17, 15) is 9.59 Å². The smallest absolute Gasteiger partial charge is 0.414 e. The van der Waals surface area contributed by atoms with Crippen molar-refractivity contribution in [1.82, 2.24) is 9.78 Å². The number of methoxy groups -OCH3 is 1. The first-order valence-corrected chi connectivity index (χ1v) is 12.3. The summed E-state index contributed by atoms with van der Waals surface area (Å²) < 4.78 is 30.0. The van der Waals surface area contributed by atoms with Crippen molar-refractivity contribution in [3.63, 3.8) is 0 Å². The molecule has 1 aromatic carbocycles. The van der Waals surface area contributed by atoms with Crippen molar-refractivity contribution in [3.8, 4) is 16.9 Å². The molecular formula is C26H33N3O7. The van der Waals surface area contributed by atoms with Crippen LogP contribution in [0.3, 0.4) is 0 Å². The maximum Gasteiger partial charge on any atom is 0.414 e. The largest absolute Gasteiger partial charge is 0.496 e. The number of ether oxygens (including phenoxy) is 4. The minimum Gasteiger partial charge on any atom is -0.496 e. The monoisotopic (exact) mass is 499 g/mol. The van der Waals surface area contributed by atoms with Crippen molar-refractivity contribution in [2.75, 3.05) is 31.8 Å². The molecule has 1 fully saturated rings. The van der Waals surface area contributed by atoms with E-state index < -0.39 is 12.1 Å². The zero-order valence-corrected chi connectivity index (χ0v) is 21.4. The van der Waals surface area contributed by atoms with Gasteiger partial charge in [-0.15, -0.1) is 0 Å². The molecule has 194 valence electrons. The maximum atomic E-state index is 13.4. The maximum absolute atomic E-state index is 13.4. The van der Waals surface area contributed by atoms with E-state index in [1.165, 1.54) is 0 Å². The van der Waals surface area contributed by atoms with Crippen LogP contribution in [0.15, 0.2) is 28.9 Å². The van der Waals surface area contributed by atoms with Crippen molar-refractivity contribution in [3.05, 3.63) is 30.3 Å². The number of carbonyl (C=O) groups is 2. The van der Waals surface area contributed by atoms with Crippen LogP contribution in [-0.2, 0) is 21.3 Å². The zero-order chi connectivity index (χ0) is 25.8. The number of rotatable bonds is 8. The number of fused-ring (bicyclic) bond motifs is 1. The van der Waals surface area contributed by atoms with E-state index in [4.69, 9.17) is 23.4 Å². The molecular weight excluding hydrogens is 466 g/mol. The van der Waals surface area contributed by atoms with Crippen molar-refractivity contribution < 1.29 is 33.0 Å². The average molecular weight is 500 g/mol. The summed E-state index contributed by atoms with van der Waals surface area (Å²) in [6.07, 6.45) is 5.05. The first kappa shape index (κ1) is 25.6. The van der Waals surface area contributed by atoms with Gasteiger partial charge in [0.15, 0.2) is 0 Å². The third-order valence-electron chi connectivity index (χ3n) is 6.33. The average Bonchev–Trinajstić information content (AvgIpc) is 3.47. The van der Waals surface area contributed by atoms with Gasteiger partial charge in [0.1, 0.15) is 17.0 Å². The number of aryl methyl sites for hydroxylation is 1. The van der Waals surface area contributed by atoms with Crippen molar-refractivity contribution in [2.45, 2.75) is 52.2 Å². The predicted octanol–water partition coefficient (Wildman–Crippen LogP) is 4.94. The molecule has 1 aliphatic rings. The molecule has 1 aliphatic heterocycles. The lowest BCUT2D eigenvalue weighted by Crippen LogP contribution is -2.46. The first-order valence-electron chi connectivity index (χ1n) is 12.3. The molecule has 1 amide bonds. The molecule has 0 saturated carbocycles. The molecule has 10 nitrogen and oxygen atoms in total. The Bertz CT molecular complexity index is 1230. The zero-order valence-electron chi connectivity index (χ0n) is 21.4. The van der Waals surface area contributed by atoms with Crippen LogP contribution in [-0.4, -0.2) is 60.9 Å². The molecule has 10 heteroatoms. The Labute approximate surface area is 210 Å². The Hall–Kier alpha value is -3.53. The molecule has 0 radical (unpaired) electrons. The Kier molecular flexibility index (Phi) is 7.83. The minimum atomic E-state index is -0.654. The van der Waals surface area contributed by atoms with Crippen LogP contribution in [0.5, 0.6) is 5.75 Å². The number of carbonyl (C=O) groups excluding carboxylic acids is 2. The fourth-order valence-electron chi connectivity index (χ4n) is 4.64. The molecule has 2 unspecified atom stereocenters. The lowest BCUT2D eigenvalue weighted by atomic mass is 9.98. The number of aromatic nitrogens is 2. The fourth-order valence-corrected chi connectivity index (χ4v) is 4.64. The highest BCUT2D eigenvalue weighted by atomic mass is 16.6. The molecule has 36 heavy (non-hydrogen) atoms. The number of amides is 1. The molecule has 0 bridgehead atoms. The molecule has 4 rings (SSSR count). The molecule has 0 N–H and O–H groups in total. The number of nitrogens with zero attached hydrogens (tertiary/aromatic N) is 3. The van der Waals surface area contributed by atoms with Gasteiger partial charge in [-0.2, -0.15) is 5.10 Å². The standard InChI is InChI=1S/C26H33N3O7/c1-6-18-11-17(9-10-35-18)29(26(31)34-8-3)23-20-12-19(16-14-27-28(4)15-16)21(32-5)13-22(20)36-24(23)25(30)33-7-2/h12-15,17-18H,6-11H2,1-5H3. The number of furan rings is 1. The van der Waals surface area contributed by atoms with Crippen molar-refractivity contribution >= 4 is 28.7 Å². The van der Waals surface area contributed by atoms with Crippen LogP contribution in [0.1, 0.15) is 50.6 Å². The molecule has 3 aromatic rings. The highest BCUT2D eigenvalue weighted by Crippen LogP contribution is 2.43. The predicted molar refractivity (Wildman–Crippen MR) is 133 cm³/mol. The molecule has 2 atom stereocenters. The van der Waals surface area contributed by atoms with E-state index in [1.54, 1.807) is 42.8 Å². The molecule has 3 heterocycles. The third kappa shape index (κ3) is 4.90. The quantitative estimate of drug-likeness (QED) is 0.401. The van der Waals surface area contributed by atoms with Gasteiger partial charge >= 0.3 is 12.1 Å². The minimum absolute atomic E-state index is 0.00377. The fraction of sp³-hybridized carbons (Fsp3) is 0.500. The summed E-state index contributed by atoms with van der Waals surface area (Å²) >= 11 is 0. The number of esters is 1. The number of anilines is 1. The highest BCUT2D eigenvalue weighted by molar-refractivity contribution is 6.11. The Morgan fingerprint density at radius 1 is 1.19 bits per heavy atom. The summed E-state index contributed by atoms with van der Waals surface area (Å²) in [5.74, 6) is -0.158. The van der Waals surface area contributed by atoms with Crippen LogP contribution in [0.4, 0.5) is 10.5 Å². The second-order valence-electron chi connectivity index (χ2n) is 8.60. The van der Waals surface area contributed by atoms with E-state index in [0.717, 1.165) is 17.5 Å². The SMILES string of the molecule is CCOC(=O)c1oc2cc(OC)c(-c3cnn(C)c3)cc2c1N(C(=O)OCC)C1CCOC(CC)C1. The van der Waals surface area contributed by atoms with Gasteiger partial charge in [0.2, 0.25) is 5.76 Å². The van der Waals surface area contributed by atoms with Gasteiger partial charge in [-0.05, 0) is 39.2 Å². The summed E-state index contributed by atoms with van der Waals surface area (Å²) in [5, 5.41) is 4.85. The Morgan fingerprint density at radius 2 is 1.97 bits per heavy atom. The number of hydrogen-bond donors (Lipinski definition) is 0. The van der Waals surface area contributed by atoms with Crippen LogP contribution in [0.2, 0.25) is 0 Å². The van der Waals surface area contributed by atoms with Gasteiger partial charge in [-0.25, -0.2) is 9.59 Å². The summed E-state index contributed by atoms with van der Waals surface area (Å²) in [5.41, 5.74) is 2.29. The van der Waals surface area contributed by atoms with E-state index in [0.29, 0.717) is 41.9 Å². The Morgan fingerprint density at radius 3 is 2.61 bits per heavy atom. The van der Waals surface area contributed by atoms with Crippen molar-refractivity contribution in [1.29, 1.82) is 0 Å². The summed E-state index contributed by atoms with van der Waals surface area (Å²) in [4.78, 5) is 28.0. The molecule has 2 aromatic heterocycles. The second kappa shape index (κ2) is 11.0. The van der Waals surface area contributed by atoms with E-state index in [-0.39, 0.29) is 31.1 Å². The van der Waals surface area contributed by atoms with E-state index in [2.05, 4.69) is 5.10 Å². The summed E-state index contributed by atoms with van der Waals surface area (Å²) in [6, 6.07) is 3.32. The summed E-state index contributed by atoms with van der Waals surface area (Å²) in [6.45, 7) is 6.37. The van der Waals surface area contributed by atoms with Crippen LogP contribution in [0.25, 0.3) is 22.1 Å². The lowest BCUT2D eigenvalue weighted by Gasteiger charge is -2.36. The van der Waals surface area contributed by atoms with Gasteiger partial charge in [-0.1, -0.05) is 6.92 Å². The number of hydrogen-bond acceptors (Lipinski definition) is 8. The van der Waals surface area contributed by atoms with Gasteiger partial charge in [0.25, 0.3) is 0 Å². The topological polar surface area (TPSA) is 105 Å². The first-order chi connectivity index (χ1) is 17.4. The van der Waals surface area contributed by atoms with Gasteiger partial charge < -0.3 is 23.4 Å². The second-order valence-corrected chi connectivity index (χ2v) is 8.60. The lowest BCUT2D eigenvalue weighted by molar-refractivity contribution is 0.00465. The van der Waals surface area contributed by atoms with Crippen LogP contribution < -0.4 is 9.64 Å². The van der Waals surface area contributed by atoms with E-state index >= 15 is 0 Å². The van der Waals surface area contributed by atoms with Crippen molar-refractivity contribution in [2.24, 2.45) is 7.05 Å². The molecule has 0 spiro atoms. The van der Waals surface area contributed by atoms with Crippen LogP contribution >= 0.6 is 0 Å². The molecule has 1 saturated heterocycles. The van der Waals surface area contributed by atoms with Gasteiger partial charge in [0, 0.05) is 48.5 Å². The highest BCUT2D eigenvalue weighted by Gasteiger charge is 2.38. The normalized spacial score (nSPS) is 17.7. The Balaban J connectivity index is 1.97. The van der Waals surface area contributed by atoms with Gasteiger partial charge in [0.05, 0.1) is 32.6 Å². The molecule has 0 aliphatic carbocycles. The van der Waals surface area contributed by atoms with E-state index in [1.807, 2.05) is 26.2 Å². The third-order valence-corrected chi connectivity index (χ3v) is 6.33. The number of benzene rings is 1. The van der Waals surface area contributed by atoms with Gasteiger partial charge in [-0.3, -0.25) is 9.58 Å². The van der Waals surface area contributed by atoms with Crippen LogP contribution in [0, 0.1) is 0 Å².